The molecule has 0 saturated heterocycles. The maximum absolute atomic E-state index is 3.42. The Kier molecular flexibility index (Phi) is 5.06. The molecule has 0 spiro atoms. The van der Waals surface area contributed by atoms with Gasteiger partial charge in [0.05, 0.1) is 0 Å². The molecule has 84 valence electrons. The van der Waals surface area contributed by atoms with Crippen molar-refractivity contribution >= 4 is 16.9 Å². The topological polar surface area (TPSA) is 12.0 Å². The van der Waals surface area contributed by atoms with Crippen LogP contribution in [0.4, 0.5) is 0 Å². The predicted octanol–water partition coefficient (Wildman–Crippen LogP) is 3.85. The van der Waals surface area contributed by atoms with Crippen LogP contribution >= 0.6 is 11.3 Å². The fourth-order valence-electron chi connectivity index (χ4n) is 1.43. The van der Waals surface area contributed by atoms with Gasteiger partial charge in [-0.15, -0.1) is 11.3 Å². The summed E-state index contributed by atoms with van der Waals surface area (Å²) in [6.07, 6.45) is 3.43. The van der Waals surface area contributed by atoms with E-state index in [0.29, 0.717) is 6.04 Å². The van der Waals surface area contributed by atoms with E-state index in [1.165, 1.54) is 16.0 Å². The van der Waals surface area contributed by atoms with Gasteiger partial charge in [0.25, 0.3) is 0 Å². The second-order valence-electron chi connectivity index (χ2n) is 4.23. The van der Waals surface area contributed by atoms with Crippen LogP contribution in [0.1, 0.15) is 37.6 Å². The van der Waals surface area contributed by atoms with Gasteiger partial charge in [-0.2, -0.15) is 0 Å². The van der Waals surface area contributed by atoms with Gasteiger partial charge in [0, 0.05) is 10.9 Å². The number of allylic oxidation sites excluding steroid dienone is 1. The summed E-state index contributed by atoms with van der Waals surface area (Å²) in [5.41, 5.74) is 2.77. The summed E-state index contributed by atoms with van der Waals surface area (Å²) in [5, 5.41) is 5.65. The van der Waals surface area contributed by atoms with E-state index in [1.807, 2.05) is 11.3 Å². The van der Waals surface area contributed by atoms with E-state index in [4.69, 9.17) is 0 Å². The minimum Gasteiger partial charge on any atom is -0.314 e. The van der Waals surface area contributed by atoms with Crippen LogP contribution in [0.5, 0.6) is 0 Å². The molecule has 0 bridgehead atoms. The monoisotopic (exact) mass is 223 g/mol. The molecule has 1 heterocycles. The number of thiophene rings is 1. The van der Waals surface area contributed by atoms with Gasteiger partial charge in [-0.3, -0.25) is 0 Å². The SMILES string of the molecule is CC(=CCCNC(C)C)c1csc(C)c1. The number of hydrogen-bond donors (Lipinski definition) is 1. The van der Waals surface area contributed by atoms with Gasteiger partial charge in [0.1, 0.15) is 0 Å². The summed E-state index contributed by atoms with van der Waals surface area (Å²) < 4.78 is 0. The highest BCUT2D eigenvalue weighted by atomic mass is 32.1. The Morgan fingerprint density at radius 1 is 1.53 bits per heavy atom. The summed E-state index contributed by atoms with van der Waals surface area (Å²) in [6, 6.07) is 2.84. The molecule has 0 radical (unpaired) electrons. The predicted molar refractivity (Wildman–Crippen MR) is 70.5 cm³/mol. The van der Waals surface area contributed by atoms with Crippen molar-refractivity contribution in [3.8, 4) is 0 Å². The van der Waals surface area contributed by atoms with Gasteiger partial charge >= 0.3 is 0 Å². The second kappa shape index (κ2) is 6.09. The van der Waals surface area contributed by atoms with E-state index in [0.717, 1.165) is 13.0 Å². The third-order valence-electron chi connectivity index (χ3n) is 2.33. The fraction of sp³-hybridized carbons (Fsp3) is 0.538. The lowest BCUT2D eigenvalue weighted by Gasteiger charge is -2.05. The molecule has 0 saturated carbocycles. The number of rotatable bonds is 5. The maximum Gasteiger partial charge on any atom is 0.00204 e. The Balaban J connectivity index is 2.39. The molecule has 1 aromatic heterocycles. The molecule has 1 nitrogen and oxygen atoms in total. The molecule has 2 heteroatoms. The summed E-state index contributed by atoms with van der Waals surface area (Å²) >= 11 is 1.82. The minimum absolute atomic E-state index is 0.585. The highest BCUT2D eigenvalue weighted by Crippen LogP contribution is 2.20. The highest BCUT2D eigenvalue weighted by Gasteiger charge is 1.97. The maximum atomic E-state index is 3.42. The molecule has 1 N–H and O–H groups in total. The molecule has 1 aromatic rings. The van der Waals surface area contributed by atoms with Crippen molar-refractivity contribution in [2.45, 2.75) is 40.2 Å². The molecular weight excluding hydrogens is 202 g/mol. The molecule has 0 aliphatic rings. The van der Waals surface area contributed by atoms with Crippen molar-refractivity contribution in [3.63, 3.8) is 0 Å². The Morgan fingerprint density at radius 2 is 2.27 bits per heavy atom. The zero-order valence-electron chi connectivity index (χ0n) is 10.1. The highest BCUT2D eigenvalue weighted by molar-refractivity contribution is 7.10. The molecule has 1 rings (SSSR count). The van der Waals surface area contributed by atoms with E-state index < -0.39 is 0 Å². The van der Waals surface area contributed by atoms with Crippen molar-refractivity contribution in [2.75, 3.05) is 6.54 Å². The smallest absolute Gasteiger partial charge is 0.00204 e. The summed E-state index contributed by atoms with van der Waals surface area (Å²) in [4.78, 5) is 1.39. The van der Waals surface area contributed by atoms with Crippen molar-refractivity contribution in [1.29, 1.82) is 0 Å². The van der Waals surface area contributed by atoms with Gasteiger partial charge in [-0.1, -0.05) is 19.9 Å². The van der Waals surface area contributed by atoms with Crippen LogP contribution in [0.2, 0.25) is 0 Å². The molecule has 15 heavy (non-hydrogen) atoms. The van der Waals surface area contributed by atoms with Gasteiger partial charge in [-0.05, 0) is 49.4 Å². The summed E-state index contributed by atoms with van der Waals surface area (Å²) in [7, 11) is 0. The van der Waals surface area contributed by atoms with E-state index in [-0.39, 0.29) is 0 Å². The standard InChI is InChI=1S/C13H21NS/c1-10(2)14-7-5-6-11(3)13-8-12(4)15-9-13/h6,8-10,14H,5,7H2,1-4H3. The minimum atomic E-state index is 0.585. The molecule has 0 unspecified atom stereocenters. The quantitative estimate of drug-likeness (QED) is 0.748. The van der Waals surface area contributed by atoms with Gasteiger partial charge in [0.15, 0.2) is 0 Å². The largest absolute Gasteiger partial charge is 0.314 e. The van der Waals surface area contributed by atoms with Crippen LogP contribution in [0.15, 0.2) is 17.5 Å². The van der Waals surface area contributed by atoms with Crippen LogP contribution in [0.3, 0.4) is 0 Å². The zero-order valence-corrected chi connectivity index (χ0v) is 10.9. The Labute approximate surface area is 97.2 Å². The average molecular weight is 223 g/mol. The van der Waals surface area contributed by atoms with E-state index in [2.05, 4.69) is 50.5 Å². The van der Waals surface area contributed by atoms with Crippen LogP contribution in [0.25, 0.3) is 5.57 Å². The molecule has 0 aromatic carbocycles. The Hall–Kier alpha value is -0.600. The van der Waals surface area contributed by atoms with Crippen LogP contribution < -0.4 is 5.32 Å². The normalized spacial score (nSPS) is 12.5. The van der Waals surface area contributed by atoms with Crippen molar-refractivity contribution in [3.05, 3.63) is 28.0 Å². The first-order valence-electron chi connectivity index (χ1n) is 5.55. The van der Waals surface area contributed by atoms with Crippen LogP contribution in [0, 0.1) is 6.92 Å². The zero-order chi connectivity index (χ0) is 11.3. The lowest BCUT2D eigenvalue weighted by molar-refractivity contribution is 0.595. The first-order valence-corrected chi connectivity index (χ1v) is 6.43. The second-order valence-corrected chi connectivity index (χ2v) is 5.35. The molecule has 0 fully saturated rings. The lowest BCUT2D eigenvalue weighted by atomic mass is 10.1. The molecule has 0 aliphatic heterocycles. The first kappa shape index (κ1) is 12.5. The van der Waals surface area contributed by atoms with E-state index >= 15 is 0 Å². The van der Waals surface area contributed by atoms with Crippen LogP contribution in [-0.4, -0.2) is 12.6 Å². The van der Waals surface area contributed by atoms with Crippen molar-refractivity contribution in [2.24, 2.45) is 0 Å². The third-order valence-corrected chi connectivity index (χ3v) is 3.19. The third kappa shape index (κ3) is 4.63. The first-order chi connectivity index (χ1) is 7.09. The lowest BCUT2D eigenvalue weighted by Crippen LogP contribution is -2.23. The molecule has 0 atom stereocenters. The van der Waals surface area contributed by atoms with Crippen molar-refractivity contribution < 1.29 is 0 Å². The van der Waals surface area contributed by atoms with E-state index in [9.17, 15) is 0 Å². The van der Waals surface area contributed by atoms with Gasteiger partial charge in [-0.25, -0.2) is 0 Å². The summed E-state index contributed by atoms with van der Waals surface area (Å²) in [6.45, 7) is 9.77. The molecular formula is C13H21NS. The average Bonchev–Trinajstić information content (AvgIpc) is 2.59. The molecule has 0 aliphatic carbocycles. The fourth-order valence-corrected chi connectivity index (χ4v) is 2.19. The number of hydrogen-bond acceptors (Lipinski definition) is 2. The number of nitrogens with one attached hydrogen (secondary N) is 1. The van der Waals surface area contributed by atoms with E-state index in [1.54, 1.807) is 0 Å². The molecule has 0 amide bonds. The Bertz CT molecular complexity index is 323. The van der Waals surface area contributed by atoms with Gasteiger partial charge in [0.2, 0.25) is 0 Å². The number of aryl methyl sites for hydroxylation is 1. The Morgan fingerprint density at radius 3 is 2.80 bits per heavy atom. The van der Waals surface area contributed by atoms with Crippen LogP contribution in [-0.2, 0) is 0 Å². The van der Waals surface area contributed by atoms with Gasteiger partial charge < -0.3 is 5.32 Å². The summed E-state index contributed by atoms with van der Waals surface area (Å²) in [5.74, 6) is 0. The van der Waals surface area contributed by atoms with Crippen molar-refractivity contribution in [1.82, 2.24) is 5.32 Å².